The topological polar surface area (TPSA) is 22.4 Å². The molecule has 1 aliphatic heterocycles. The quantitative estimate of drug-likeness (QED) is 0.439. The van der Waals surface area contributed by atoms with Gasteiger partial charge in [-0.2, -0.15) is 0 Å². The van der Waals surface area contributed by atoms with E-state index >= 15 is 0 Å². The largest absolute Gasteiger partial charge is 0.538 e. The highest BCUT2D eigenvalue weighted by Crippen LogP contribution is 2.53. The Hall–Kier alpha value is -2.26. The molecule has 3 aromatic rings. The van der Waals surface area contributed by atoms with E-state index < -0.39 is 8.32 Å². The van der Waals surface area contributed by atoms with Gasteiger partial charge in [-0.05, 0) is 67.0 Å². The summed E-state index contributed by atoms with van der Waals surface area (Å²) >= 11 is 0. The predicted molar refractivity (Wildman–Crippen MR) is 112 cm³/mol. The van der Waals surface area contributed by atoms with E-state index in [1.54, 1.807) is 0 Å². The summed E-state index contributed by atoms with van der Waals surface area (Å²) in [7, 11) is -2.19. The van der Waals surface area contributed by atoms with Crippen LogP contribution in [0.4, 0.5) is 0 Å². The van der Waals surface area contributed by atoms with Gasteiger partial charge >= 0.3 is 0 Å². The summed E-state index contributed by atoms with van der Waals surface area (Å²) in [6.07, 6.45) is 2.22. The number of hydrogen-bond donors (Lipinski definition) is 0. The SMILES string of the molecule is Cc1ccc2c(c1)/C(=C\c1cc3cc(C)ccc3o1)[Si](C)(C(C)(C)C)O2. The summed E-state index contributed by atoms with van der Waals surface area (Å²) in [4.78, 5) is 0. The lowest BCUT2D eigenvalue weighted by Gasteiger charge is -2.36. The first-order valence-corrected chi connectivity index (χ1v) is 11.6. The third-order valence-corrected chi connectivity index (χ3v) is 10.6. The first kappa shape index (κ1) is 17.2. The fraction of sp³-hybridized carbons (Fsp3) is 0.304. The molecule has 0 spiro atoms. The molecule has 1 aromatic heterocycles. The van der Waals surface area contributed by atoms with Crippen LogP contribution in [0.2, 0.25) is 11.6 Å². The zero-order chi connectivity index (χ0) is 18.7. The van der Waals surface area contributed by atoms with Crippen LogP contribution in [0.25, 0.3) is 22.2 Å². The number of hydrogen-bond acceptors (Lipinski definition) is 2. The van der Waals surface area contributed by atoms with Crippen LogP contribution in [0.5, 0.6) is 5.75 Å². The molecule has 4 rings (SSSR count). The third kappa shape index (κ3) is 2.62. The van der Waals surface area contributed by atoms with E-state index in [9.17, 15) is 0 Å². The molecule has 134 valence electrons. The van der Waals surface area contributed by atoms with Crippen LogP contribution in [-0.2, 0) is 0 Å². The van der Waals surface area contributed by atoms with Gasteiger partial charge in [0.25, 0.3) is 8.32 Å². The van der Waals surface area contributed by atoms with E-state index in [0.717, 1.165) is 22.5 Å². The van der Waals surface area contributed by atoms with Crippen LogP contribution < -0.4 is 4.43 Å². The normalized spacial score (nSPS) is 21.2. The van der Waals surface area contributed by atoms with Crippen LogP contribution >= 0.6 is 0 Å². The molecule has 0 radical (unpaired) electrons. The van der Waals surface area contributed by atoms with E-state index in [-0.39, 0.29) is 5.04 Å². The number of furan rings is 1. The van der Waals surface area contributed by atoms with Crippen molar-refractivity contribution in [2.75, 3.05) is 0 Å². The molecule has 0 amide bonds. The van der Waals surface area contributed by atoms with Gasteiger partial charge in [0.15, 0.2) is 0 Å². The molecule has 0 bridgehead atoms. The molecule has 2 aromatic carbocycles. The van der Waals surface area contributed by atoms with Crippen molar-refractivity contribution in [1.29, 1.82) is 0 Å². The Labute approximate surface area is 156 Å². The Bertz CT molecular complexity index is 1040. The average Bonchev–Trinajstić information content (AvgIpc) is 3.06. The van der Waals surface area contributed by atoms with Gasteiger partial charge in [-0.15, -0.1) is 0 Å². The molecule has 1 unspecified atom stereocenters. The van der Waals surface area contributed by atoms with Gasteiger partial charge < -0.3 is 8.84 Å². The lowest BCUT2D eigenvalue weighted by Crippen LogP contribution is -2.45. The van der Waals surface area contributed by atoms with Crippen molar-refractivity contribution in [2.45, 2.75) is 46.2 Å². The predicted octanol–water partition coefficient (Wildman–Crippen LogP) is 6.90. The maximum Gasteiger partial charge on any atom is 0.286 e. The molecule has 1 atom stereocenters. The molecule has 2 nitrogen and oxygen atoms in total. The number of benzene rings is 2. The maximum absolute atomic E-state index is 6.62. The standard InChI is InChI=1S/C23H26O2Si/c1-15-7-9-20-17(11-15)13-18(24-20)14-22-19-12-16(2)8-10-21(19)25-26(22,6)23(3,4)5/h7-14H,1-6H3/b22-14+. The van der Waals surface area contributed by atoms with Crippen LogP contribution in [-0.4, -0.2) is 8.32 Å². The lowest BCUT2D eigenvalue weighted by atomic mass is 10.1. The number of fused-ring (bicyclic) bond motifs is 2. The van der Waals surface area contributed by atoms with Crippen molar-refractivity contribution in [1.82, 2.24) is 0 Å². The highest BCUT2D eigenvalue weighted by atomic mass is 28.4. The molecular weight excluding hydrogens is 336 g/mol. The smallest absolute Gasteiger partial charge is 0.286 e. The minimum Gasteiger partial charge on any atom is -0.538 e. The molecule has 0 fully saturated rings. The zero-order valence-electron chi connectivity index (χ0n) is 16.4. The molecule has 26 heavy (non-hydrogen) atoms. The van der Waals surface area contributed by atoms with Gasteiger partial charge in [-0.3, -0.25) is 0 Å². The Kier molecular flexibility index (Phi) is 3.71. The average molecular weight is 363 g/mol. The van der Waals surface area contributed by atoms with Gasteiger partial charge in [0, 0.05) is 10.9 Å². The monoisotopic (exact) mass is 362 g/mol. The van der Waals surface area contributed by atoms with Crippen LogP contribution in [0.15, 0.2) is 46.9 Å². The van der Waals surface area contributed by atoms with E-state index in [1.165, 1.54) is 21.9 Å². The zero-order valence-corrected chi connectivity index (χ0v) is 17.4. The Morgan fingerprint density at radius 1 is 0.923 bits per heavy atom. The first-order valence-electron chi connectivity index (χ1n) is 9.20. The van der Waals surface area contributed by atoms with Gasteiger partial charge in [-0.1, -0.05) is 44.0 Å². The van der Waals surface area contributed by atoms with Crippen LogP contribution in [0.1, 0.15) is 43.2 Å². The molecule has 3 heteroatoms. The van der Waals surface area contributed by atoms with Crippen LogP contribution in [0, 0.1) is 13.8 Å². The molecule has 2 heterocycles. The summed E-state index contributed by atoms with van der Waals surface area (Å²) < 4.78 is 12.7. The van der Waals surface area contributed by atoms with Crippen LogP contribution in [0.3, 0.4) is 0 Å². The Morgan fingerprint density at radius 2 is 1.62 bits per heavy atom. The highest BCUT2D eigenvalue weighted by molar-refractivity contribution is 6.95. The maximum atomic E-state index is 6.62. The van der Waals surface area contributed by atoms with Crippen molar-refractivity contribution in [3.63, 3.8) is 0 Å². The lowest BCUT2D eigenvalue weighted by molar-refractivity contribution is 0.513. The van der Waals surface area contributed by atoms with Gasteiger partial charge in [0.1, 0.15) is 17.1 Å². The summed E-state index contributed by atoms with van der Waals surface area (Å²) in [6.45, 7) is 13.4. The summed E-state index contributed by atoms with van der Waals surface area (Å²) in [5, 5.41) is 2.55. The van der Waals surface area contributed by atoms with Crippen molar-refractivity contribution in [3.8, 4) is 5.75 Å². The van der Waals surface area contributed by atoms with Crippen molar-refractivity contribution in [3.05, 3.63) is 64.9 Å². The highest BCUT2D eigenvalue weighted by Gasteiger charge is 2.52. The summed E-state index contributed by atoms with van der Waals surface area (Å²) in [6, 6.07) is 14.9. The van der Waals surface area contributed by atoms with E-state index in [2.05, 4.69) is 89.7 Å². The van der Waals surface area contributed by atoms with Crippen molar-refractivity contribution < 1.29 is 8.84 Å². The molecular formula is C23H26O2Si. The van der Waals surface area contributed by atoms with E-state index in [0.29, 0.717) is 0 Å². The number of aryl methyl sites for hydroxylation is 2. The summed E-state index contributed by atoms with van der Waals surface area (Å²) in [5.41, 5.74) is 4.66. The van der Waals surface area contributed by atoms with Gasteiger partial charge in [0.2, 0.25) is 0 Å². The van der Waals surface area contributed by atoms with Crippen molar-refractivity contribution in [2.24, 2.45) is 0 Å². The number of rotatable bonds is 1. The molecule has 0 saturated heterocycles. The van der Waals surface area contributed by atoms with Crippen molar-refractivity contribution >= 4 is 30.6 Å². The van der Waals surface area contributed by atoms with E-state index in [1.807, 2.05) is 0 Å². The Morgan fingerprint density at radius 3 is 2.35 bits per heavy atom. The van der Waals surface area contributed by atoms with E-state index in [4.69, 9.17) is 8.84 Å². The summed E-state index contributed by atoms with van der Waals surface area (Å²) in [5.74, 6) is 1.92. The molecule has 0 aliphatic carbocycles. The molecule has 0 N–H and O–H groups in total. The molecule has 1 aliphatic rings. The third-order valence-electron chi connectivity index (χ3n) is 5.66. The second-order valence-corrected chi connectivity index (χ2v) is 12.9. The minimum absolute atomic E-state index is 0.0777. The minimum atomic E-state index is -2.19. The van der Waals surface area contributed by atoms with Gasteiger partial charge in [-0.25, -0.2) is 0 Å². The fourth-order valence-corrected chi connectivity index (χ4v) is 6.61. The Balaban J connectivity index is 1.92. The second kappa shape index (κ2) is 5.62. The second-order valence-electron chi connectivity index (χ2n) is 8.63. The molecule has 0 saturated carbocycles. The fourth-order valence-electron chi connectivity index (χ4n) is 3.64. The van der Waals surface area contributed by atoms with Gasteiger partial charge in [0.05, 0.1) is 0 Å². The first-order chi connectivity index (χ1) is 12.2.